The molecule has 1 heterocycles. The molecule has 0 aromatic carbocycles. The Morgan fingerprint density at radius 2 is 2.31 bits per heavy atom. The number of sulfonamides is 1. The summed E-state index contributed by atoms with van der Waals surface area (Å²) in [5.74, 6) is -1.20. The molecule has 1 aromatic rings. The summed E-state index contributed by atoms with van der Waals surface area (Å²) in [6, 6.07) is -1.13. The molecule has 3 N–H and O–H groups in total. The second-order valence-electron chi connectivity index (χ2n) is 3.28. The maximum Gasteiger partial charge on any atom is 0.321 e. The lowest BCUT2D eigenvalue weighted by molar-refractivity contribution is -0.139. The minimum Gasteiger partial charge on any atom is -0.480 e. The number of carbonyl (C=O) groups is 1. The molecule has 1 aromatic heterocycles. The average Bonchev–Trinajstić information content (AvgIpc) is 2.61. The van der Waals surface area contributed by atoms with Crippen LogP contribution in [-0.2, 0) is 14.8 Å². The predicted octanol–water partition coefficient (Wildman–Crippen LogP) is -0.140. The van der Waals surface area contributed by atoms with Crippen LogP contribution in [-0.4, -0.2) is 35.7 Å². The zero-order valence-corrected chi connectivity index (χ0v) is 9.71. The fraction of sp³-hybridized carbons (Fsp3) is 0.500. The minimum atomic E-state index is -3.83. The van der Waals surface area contributed by atoms with E-state index >= 15 is 0 Å². The van der Waals surface area contributed by atoms with E-state index in [0.717, 1.165) is 6.20 Å². The van der Waals surface area contributed by atoms with Crippen LogP contribution in [0.15, 0.2) is 11.1 Å². The number of carboxylic acid groups (broad SMARTS) is 1. The molecule has 8 heteroatoms. The average molecular weight is 247 g/mol. The maximum atomic E-state index is 11.8. The molecule has 0 fully saturated rings. The van der Waals surface area contributed by atoms with E-state index in [1.165, 1.54) is 0 Å². The van der Waals surface area contributed by atoms with Crippen LogP contribution in [0.1, 0.15) is 19.0 Å². The summed E-state index contributed by atoms with van der Waals surface area (Å²) >= 11 is 0. The Morgan fingerprint density at radius 3 is 2.69 bits per heavy atom. The molecule has 16 heavy (non-hydrogen) atoms. The molecule has 0 aliphatic carbocycles. The summed E-state index contributed by atoms with van der Waals surface area (Å²) in [6.45, 7) is 3.13. The zero-order chi connectivity index (χ0) is 12.3. The fourth-order valence-corrected chi connectivity index (χ4v) is 2.58. The molecule has 90 valence electrons. The standard InChI is InChI=1S/C8H13N3O4S/c1-3-6(8(12)13)11-16(14,15)7-4-9-10-5(7)2/h4,6,11H,3H2,1-2H3,(H,9,10)(H,12,13)/t6-/m0/s1. The maximum absolute atomic E-state index is 11.8. The third-order valence-electron chi connectivity index (χ3n) is 2.08. The number of nitrogens with one attached hydrogen (secondary N) is 2. The van der Waals surface area contributed by atoms with Gasteiger partial charge in [0.2, 0.25) is 10.0 Å². The van der Waals surface area contributed by atoms with E-state index in [4.69, 9.17) is 5.11 Å². The van der Waals surface area contributed by atoms with Crippen molar-refractivity contribution in [3.8, 4) is 0 Å². The van der Waals surface area contributed by atoms with Gasteiger partial charge in [0.15, 0.2) is 0 Å². The Balaban J connectivity index is 2.97. The predicted molar refractivity (Wildman–Crippen MR) is 55.4 cm³/mol. The molecule has 0 amide bonds. The molecular formula is C8H13N3O4S. The first-order chi connectivity index (χ1) is 7.38. The first-order valence-electron chi connectivity index (χ1n) is 4.63. The normalized spacial score (nSPS) is 13.6. The van der Waals surface area contributed by atoms with Crippen molar-refractivity contribution in [3.05, 3.63) is 11.9 Å². The number of nitrogens with zero attached hydrogens (tertiary/aromatic N) is 1. The molecule has 7 nitrogen and oxygen atoms in total. The van der Waals surface area contributed by atoms with Crippen LogP contribution in [0.25, 0.3) is 0 Å². The molecule has 1 rings (SSSR count). The van der Waals surface area contributed by atoms with Gasteiger partial charge in [0, 0.05) is 0 Å². The molecule has 0 spiro atoms. The zero-order valence-electron chi connectivity index (χ0n) is 8.89. The highest BCUT2D eigenvalue weighted by atomic mass is 32.2. The van der Waals surface area contributed by atoms with Gasteiger partial charge in [-0.2, -0.15) is 9.82 Å². The van der Waals surface area contributed by atoms with E-state index in [2.05, 4.69) is 14.9 Å². The number of rotatable bonds is 5. The van der Waals surface area contributed by atoms with Crippen LogP contribution in [0.2, 0.25) is 0 Å². The second-order valence-corrected chi connectivity index (χ2v) is 4.96. The number of H-pyrrole nitrogens is 1. The molecule has 0 saturated carbocycles. The molecular weight excluding hydrogens is 234 g/mol. The third-order valence-corrected chi connectivity index (χ3v) is 3.66. The number of hydrogen-bond donors (Lipinski definition) is 3. The van der Waals surface area contributed by atoms with E-state index in [9.17, 15) is 13.2 Å². The number of aromatic nitrogens is 2. The Morgan fingerprint density at radius 1 is 1.69 bits per heavy atom. The molecule has 0 radical (unpaired) electrons. The molecule has 0 aliphatic rings. The van der Waals surface area contributed by atoms with E-state index in [-0.39, 0.29) is 11.3 Å². The van der Waals surface area contributed by atoms with Gasteiger partial charge in [-0.15, -0.1) is 0 Å². The van der Waals surface area contributed by atoms with Crippen LogP contribution in [0.4, 0.5) is 0 Å². The lowest BCUT2D eigenvalue weighted by atomic mass is 10.2. The van der Waals surface area contributed by atoms with E-state index in [1.807, 2.05) is 0 Å². The summed E-state index contributed by atoms with van der Waals surface area (Å²) in [4.78, 5) is 10.7. The van der Waals surface area contributed by atoms with Gasteiger partial charge in [-0.3, -0.25) is 9.89 Å². The monoisotopic (exact) mass is 247 g/mol. The van der Waals surface area contributed by atoms with E-state index < -0.39 is 22.0 Å². The van der Waals surface area contributed by atoms with E-state index in [1.54, 1.807) is 13.8 Å². The van der Waals surface area contributed by atoms with Crippen molar-refractivity contribution in [1.82, 2.24) is 14.9 Å². The third kappa shape index (κ3) is 2.58. The lowest BCUT2D eigenvalue weighted by Crippen LogP contribution is -2.40. The van der Waals surface area contributed by atoms with Gasteiger partial charge in [-0.25, -0.2) is 8.42 Å². The van der Waals surface area contributed by atoms with Crippen molar-refractivity contribution in [2.24, 2.45) is 0 Å². The SMILES string of the molecule is CC[C@H](NS(=O)(=O)c1cn[nH]c1C)C(=O)O. The van der Waals surface area contributed by atoms with Gasteiger partial charge >= 0.3 is 5.97 Å². The van der Waals surface area contributed by atoms with Crippen molar-refractivity contribution in [2.45, 2.75) is 31.2 Å². The number of hydrogen-bond acceptors (Lipinski definition) is 4. The Hall–Kier alpha value is -1.41. The first-order valence-corrected chi connectivity index (χ1v) is 6.12. The van der Waals surface area contributed by atoms with Gasteiger partial charge < -0.3 is 5.11 Å². The van der Waals surface area contributed by atoms with Crippen LogP contribution < -0.4 is 4.72 Å². The molecule has 0 saturated heterocycles. The van der Waals surface area contributed by atoms with Gasteiger partial charge in [-0.05, 0) is 13.3 Å². The Labute approximate surface area is 92.9 Å². The van der Waals surface area contributed by atoms with Crippen molar-refractivity contribution in [2.75, 3.05) is 0 Å². The van der Waals surface area contributed by atoms with Crippen LogP contribution in [0.3, 0.4) is 0 Å². The summed E-state index contributed by atoms with van der Waals surface area (Å²) in [5, 5.41) is 14.8. The first kappa shape index (κ1) is 12.7. The number of carboxylic acids is 1. The fourth-order valence-electron chi connectivity index (χ4n) is 1.17. The summed E-state index contributed by atoms with van der Waals surface area (Å²) in [6.07, 6.45) is 1.32. The van der Waals surface area contributed by atoms with Crippen molar-refractivity contribution in [3.63, 3.8) is 0 Å². The Bertz CT molecular complexity index is 479. The minimum absolute atomic E-state index is 0.0350. The summed E-state index contributed by atoms with van der Waals surface area (Å²) in [7, 11) is -3.83. The van der Waals surface area contributed by atoms with Crippen molar-refractivity contribution < 1.29 is 18.3 Å². The van der Waals surface area contributed by atoms with E-state index in [0.29, 0.717) is 5.69 Å². The van der Waals surface area contributed by atoms with Gasteiger partial charge in [0.1, 0.15) is 10.9 Å². The highest BCUT2D eigenvalue weighted by Crippen LogP contribution is 2.11. The van der Waals surface area contributed by atoms with Crippen LogP contribution in [0, 0.1) is 6.92 Å². The molecule has 0 aliphatic heterocycles. The number of aliphatic carboxylic acids is 1. The Kier molecular flexibility index (Phi) is 3.66. The quantitative estimate of drug-likeness (QED) is 0.670. The van der Waals surface area contributed by atoms with Gasteiger partial charge in [0.05, 0.1) is 11.9 Å². The topological polar surface area (TPSA) is 112 Å². The lowest BCUT2D eigenvalue weighted by Gasteiger charge is -2.11. The van der Waals surface area contributed by atoms with Crippen LogP contribution >= 0.6 is 0 Å². The summed E-state index contributed by atoms with van der Waals surface area (Å²) in [5.41, 5.74) is 0.368. The molecule has 0 unspecified atom stereocenters. The molecule has 0 bridgehead atoms. The highest BCUT2D eigenvalue weighted by Gasteiger charge is 2.25. The van der Waals surface area contributed by atoms with Crippen LogP contribution in [0.5, 0.6) is 0 Å². The highest BCUT2D eigenvalue weighted by molar-refractivity contribution is 7.89. The van der Waals surface area contributed by atoms with Gasteiger partial charge in [-0.1, -0.05) is 6.92 Å². The summed E-state index contributed by atoms with van der Waals surface area (Å²) < 4.78 is 25.6. The smallest absolute Gasteiger partial charge is 0.321 e. The van der Waals surface area contributed by atoms with Crippen molar-refractivity contribution >= 4 is 16.0 Å². The second kappa shape index (κ2) is 4.62. The number of aryl methyl sites for hydroxylation is 1. The molecule has 1 atom stereocenters. The van der Waals surface area contributed by atoms with Crippen molar-refractivity contribution in [1.29, 1.82) is 0 Å². The van der Waals surface area contributed by atoms with Gasteiger partial charge in [0.25, 0.3) is 0 Å². The number of aromatic amines is 1. The largest absolute Gasteiger partial charge is 0.480 e.